The van der Waals surface area contributed by atoms with Crippen molar-refractivity contribution < 1.29 is 13.4 Å². The Kier molecular flexibility index (Phi) is 5.41. The van der Waals surface area contributed by atoms with Crippen molar-refractivity contribution in [2.75, 3.05) is 13.2 Å². The van der Waals surface area contributed by atoms with E-state index in [4.69, 9.17) is 9.15 Å². The van der Waals surface area contributed by atoms with Gasteiger partial charge in [0.1, 0.15) is 29.1 Å². The van der Waals surface area contributed by atoms with Crippen molar-refractivity contribution in [2.45, 2.75) is 44.9 Å². The number of hydrogen-bond donors (Lipinski definition) is 0. The lowest BCUT2D eigenvalue weighted by atomic mass is 9.98. The highest BCUT2D eigenvalue weighted by Gasteiger charge is 2.31. The summed E-state index contributed by atoms with van der Waals surface area (Å²) in [6.45, 7) is 7.65. The van der Waals surface area contributed by atoms with Gasteiger partial charge in [-0.3, -0.25) is 0 Å². The van der Waals surface area contributed by atoms with Crippen LogP contribution in [0.15, 0.2) is 41.0 Å². The maximum absolute atomic E-state index is 13.1. The van der Waals surface area contributed by atoms with Crippen molar-refractivity contribution in [3.05, 3.63) is 42.2 Å². The van der Waals surface area contributed by atoms with E-state index >= 15 is 0 Å². The predicted octanol–water partition coefficient (Wildman–Crippen LogP) is 4.03. The molecule has 1 aliphatic heterocycles. The number of ether oxygens (including phenoxy) is 1. The molecule has 0 bridgehead atoms. The van der Waals surface area contributed by atoms with Gasteiger partial charge in [-0.25, -0.2) is 8.51 Å². The predicted molar refractivity (Wildman–Crippen MR) is 97.4 cm³/mol. The van der Waals surface area contributed by atoms with Crippen LogP contribution in [0.3, 0.4) is 0 Å². The van der Waals surface area contributed by atoms with Gasteiger partial charge in [-0.1, -0.05) is 19.1 Å². The van der Waals surface area contributed by atoms with Crippen molar-refractivity contribution in [1.29, 1.82) is 0 Å². The van der Waals surface area contributed by atoms with Crippen LogP contribution < -0.4 is 4.74 Å². The molecule has 0 radical (unpaired) electrons. The molecule has 24 heavy (non-hydrogen) atoms. The molecule has 0 saturated carbocycles. The number of hydrogen-bond acceptors (Lipinski definition) is 3. The van der Waals surface area contributed by atoms with E-state index in [0.717, 1.165) is 42.0 Å². The normalized spacial score (nSPS) is 18.5. The van der Waals surface area contributed by atoms with E-state index in [9.17, 15) is 4.21 Å². The van der Waals surface area contributed by atoms with Crippen LogP contribution in [0.4, 0.5) is 0 Å². The molecule has 2 aromatic rings. The van der Waals surface area contributed by atoms with Crippen molar-refractivity contribution in [3.8, 4) is 17.1 Å². The van der Waals surface area contributed by atoms with Gasteiger partial charge < -0.3 is 9.15 Å². The Balaban J connectivity index is 1.87. The highest BCUT2D eigenvalue weighted by molar-refractivity contribution is 7.83. The van der Waals surface area contributed by atoms with Crippen LogP contribution in [0.25, 0.3) is 11.3 Å². The van der Waals surface area contributed by atoms with Gasteiger partial charge in [0.2, 0.25) is 0 Å². The Bertz CT molecular complexity index is 697. The maximum Gasteiger partial charge on any atom is 0.134 e. The Morgan fingerprint density at radius 3 is 2.79 bits per heavy atom. The Hall–Kier alpha value is -1.59. The third-order valence-corrected chi connectivity index (χ3v) is 6.25. The van der Waals surface area contributed by atoms with E-state index < -0.39 is 11.0 Å². The lowest BCUT2D eigenvalue weighted by Crippen LogP contribution is -2.43. The molecular formula is C19H25NO3S. The molecule has 2 unspecified atom stereocenters. The fourth-order valence-corrected chi connectivity index (χ4v) is 4.80. The van der Waals surface area contributed by atoms with E-state index in [-0.39, 0.29) is 11.3 Å². The van der Waals surface area contributed by atoms with E-state index in [0.29, 0.717) is 6.61 Å². The highest BCUT2D eigenvalue weighted by Crippen LogP contribution is 2.35. The van der Waals surface area contributed by atoms with Crippen molar-refractivity contribution in [1.82, 2.24) is 4.31 Å². The molecule has 0 spiro atoms. The fourth-order valence-electron chi connectivity index (χ4n) is 3.14. The Morgan fingerprint density at radius 1 is 1.29 bits per heavy atom. The first-order valence-electron chi connectivity index (χ1n) is 8.57. The number of benzene rings is 1. The number of nitrogens with zero attached hydrogens (tertiary/aromatic N) is 1. The zero-order valence-electron chi connectivity index (χ0n) is 14.5. The van der Waals surface area contributed by atoms with Gasteiger partial charge in [-0.2, -0.15) is 0 Å². The van der Waals surface area contributed by atoms with Gasteiger partial charge in [0.15, 0.2) is 0 Å². The summed E-state index contributed by atoms with van der Waals surface area (Å²) in [7, 11) is -1.06. The fraction of sp³-hybridized carbons (Fsp3) is 0.474. The first-order valence-corrected chi connectivity index (χ1v) is 9.74. The average Bonchev–Trinajstić information content (AvgIpc) is 3.12. The van der Waals surface area contributed by atoms with Crippen LogP contribution in [0, 0.1) is 0 Å². The Labute approximate surface area is 146 Å². The molecule has 0 fully saturated rings. The smallest absolute Gasteiger partial charge is 0.134 e. The molecule has 0 amide bonds. The molecule has 0 aliphatic carbocycles. The van der Waals surface area contributed by atoms with Gasteiger partial charge in [0, 0.05) is 23.7 Å². The summed E-state index contributed by atoms with van der Waals surface area (Å²) < 4.78 is 26.7. The molecule has 1 aromatic carbocycles. The number of fused-ring (bicyclic) bond motifs is 1. The monoisotopic (exact) mass is 347 g/mol. The molecule has 0 saturated heterocycles. The first kappa shape index (κ1) is 17.2. The second kappa shape index (κ2) is 7.53. The second-order valence-corrected chi connectivity index (χ2v) is 8.10. The third kappa shape index (κ3) is 3.42. The summed E-state index contributed by atoms with van der Waals surface area (Å²) in [5.74, 6) is 1.71. The summed E-state index contributed by atoms with van der Waals surface area (Å²) in [5, 5.41) is -0.0254. The van der Waals surface area contributed by atoms with Gasteiger partial charge in [0.05, 0.1) is 11.5 Å². The average molecular weight is 347 g/mol. The third-order valence-electron chi connectivity index (χ3n) is 4.31. The molecule has 4 nitrogen and oxygen atoms in total. The van der Waals surface area contributed by atoms with Gasteiger partial charge in [-0.15, -0.1) is 0 Å². The molecular weight excluding hydrogens is 322 g/mol. The molecule has 5 heteroatoms. The zero-order chi connectivity index (χ0) is 17.1. The second-order valence-electron chi connectivity index (χ2n) is 6.41. The van der Waals surface area contributed by atoms with Crippen LogP contribution in [0.1, 0.15) is 32.8 Å². The lowest BCUT2D eigenvalue weighted by Gasteiger charge is -2.32. The maximum atomic E-state index is 13.1. The zero-order valence-corrected chi connectivity index (χ0v) is 15.3. The van der Waals surface area contributed by atoms with E-state index in [2.05, 4.69) is 25.1 Å². The minimum absolute atomic E-state index is 0.0254. The van der Waals surface area contributed by atoms with Crippen molar-refractivity contribution in [2.24, 2.45) is 0 Å². The summed E-state index contributed by atoms with van der Waals surface area (Å²) in [6.07, 6.45) is 3.41. The van der Waals surface area contributed by atoms with Crippen LogP contribution in [0.5, 0.6) is 5.75 Å². The van der Waals surface area contributed by atoms with E-state index in [1.54, 1.807) is 6.26 Å². The SMILES string of the molecule is CCCN(C(C)C)S(=O)C1COc2cccc(-c3ccco3)c2C1. The molecule has 1 aliphatic rings. The quantitative estimate of drug-likeness (QED) is 0.792. The van der Waals surface area contributed by atoms with Gasteiger partial charge in [-0.05, 0) is 44.9 Å². The Morgan fingerprint density at radius 2 is 2.12 bits per heavy atom. The molecule has 2 heterocycles. The van der Waals surface area contributed by atoms with Crippen LogP contribution >= 0.6 is 0 Å². The summed E-state index contributed by atoms with van der Waals surface area (Å²) >= 11 is 0. The minimum Gasteiger partial charge on any atom is -0.492 e. The van der Waals surface area contributed by atoms with Crippen molar-refractivity contribution in [3.63, 3.8) is 0 Å². The standard InChI is InChI=1S/C19H25NO3S/c1-4-10-20(14(2)3)24(21)15-12-17-16(18-9-6-11-22-18)7-5-8-19(17)23-13-15/h5-9,11,14-15H,4,10,12-13H2,1-3H3. The number of furan rings is 1. The largest absolute Gasteiger partial charge is 0.492 e. The molecule has 130 valence electrons. The minimum atomic E-state index is -1.06. The van der Waals surface area contributed by atoms with Gasteiger partial charge in [0.25, 0.3) is 0 Å². The summed E-state index contributed by atoms with van der Waals surface area (Å²) in [4.78, 5) is 0. The van der Waals surface area contributed by atoms with E-state index in [1.165, 1.54) is 0 Å². The molecule has 0 N–H and O–H groups in total. The van der Waals surface area contributed by atoms with Crippen molar-refractivity contribution >= 4 is 11.0 Å². The van der Waals surface area contributed by atoms with E-state index in [1.807, 2.05) is 30.3 Å². The topological polar surface area (TPSA) is 42.7 Å². The summed E-state index contributed by atoms with van der Waals surface area (Å²) in [6, 6.07) is 10.1. The van der Waals surface area contributed by atoms with Gasteiger partial charge >= 0.3 is 0 Å². The van der Waals surface area contributed by atoms with Crippen LogP contribution in [0.2, 0.25) is 0 Å². The van der Waals surface area contributed by atoms with Crippen LogP contribution in [-0.2, 0) is 17.4 Å². The number of rotatable bonds is 6. The molecule has 2 atom stereocenters. The summed E-state index contributed by atoms with van der Waals surface area (Å²) in [5.41, 5.74) is 2.13. The highest BCUT2D eigenvalue weighted by atomic mass is 32.2. The molecule has 1 aromatic heterocycles. The van der Waals surface area contributed by atoms with Crippen LogP contribution in [-0.4, -0.2) is 33.0 Å². The lowest BCUT2D eigenvalue weighted by molar-refractivity contribution is 0.284. The molecule has 3 rings (SSSR count). The first-order chi connectivity index (χ1) is 11.6.